The summed E-state index contributed by atoms with van der Waals surface area (Å²) in [6, 6.07) is 5.71. The summed E-state index contributed by atoms with van der Waals surface area (Å²) in [5.74, 6) is -0.894. The zero-order chi connectivity index (χ0) is 26.2. The van der Waals surface area contributed by atoms with Crippen LogP contribution >= 0.6 is 11.8 Å². The van der Waals surface area contributed by atoms with Crippen LogP contribution in [0.5, 0.6) is 0 Å². The van der Waals surface area contributed by atoms with Gasteiger partial charge in [-0.15, -0.1) is 0 Å². The number of rotatable bonds is 12. The van der Waals surface area contributed by atoms with Gasteiger partial charge < -0.3 is 21.1 Å². The summed E-state index contributed by atoms with van der Waals surface area (Å²) < 4.78 is 0. The zero-order valence-corrected chi connectivity index (χ0v) is 22.1. The number of benzene rings is 1. The van der Waals surface area contributed by atoms with E-state index in [9.17, 15) is 24.3 Å². The van der Waals surface area contributed by atoms with Crippen molar-refractivity contribution in [2.75, 3.05) is 18.6 Å². The molecule has 10 heteroatoms. The number of carbonyl (C=O) groups excluding carboxylic acids is 3. The molecule has 0 aliphatic carbocycles. The molecule has 2 aliphatic heterocycles. The highest BCUT2D eigenvalue weighted by Crippen LogP contribution is 2.25. The molecule has 2 aliphatic rings. The molecule has 4 N–H and O–H groups in total. The number of nitrogens with one attached hydrogen (secondary N) is 3. The minimum atomic E-state index is -1.04. The van der Waals surface area contributed by atoms with Crippen LogP contribution in [-0.4, -0.2) is 76.4 Å². The Morgan fingerprint density at radius 1 is 1.19 bits per heavy atom. The van der Waals surface area contributed by atoms with Crippen molar-refractivity contribution in [1.82, 2.24) is 20.9 Å². The lowest BCUT2D eigenvalue weighted by molar-refractivity contribution is -0.143. The molecule has 1 unspecified atom stereocenters. The summed E-state index contributed by atoms with van der Waals surface area (Å²) in [4.78, 5) is 51.8. The van der Waals surface area contributed by atoms with Gasteiger partial charge in [0.25, 0.3) is 0 Å². The Morgan fingerprint density at radius 3 is 2.53 bits per heavy atom. The van der Waals surface area contributed by atoms with Crippen molar-refractivity contribution in [3.8, 4) is 0 Å². The second-order valence-electron chi connectivity index (χ2n) is 9.76. The lowest BCUT2D eigenvalue weighted by atomic mass is 9.91. The third-order valence-corrected chi connectivity index (χ3v) is 7.92. The highest BCUT2D eigenvalue weighted by atomic mass is 32.2. The molecule has 0 bridgehead atoms. The highest BCUT2D eigenvalue weighted by Gasteiger charge is 2.36. The second kappa shape index (κ2) is 13.1. The Morgan fingerprint density at radius 2 is 1.92 bits per heavy atom. The van der Waals surface area contributed by atoms with Gasteiger partial charge in [0, 0.05) is 25.6 Å². The Labute approximate surface area is 217 Å². The molecule has 3 rings (SSSR count). The molecule has 0 aromatic heterocycles. The molecule has 1 aromatic carbocycles. The van der Waals surface area contributed by atoms with E-state index in [1.54, 1.807) is 11.8 Å². The van der Waals surface area contributed by atoms with E-state index in [4.69, 9.17) is 0 Å². The maximum absolute atomic E-state index is 13.4. The van der Waals surface area contributed by atoms with Crippen LogP contribution in [0.15, 0.2) is 24.3 Å². The van der Waals surface area contributed by atoms with E-state index in [1.165, 1.54) is 0 Å². The maximum Gasteiger partial charge on any atom is 0.326 e. The van der Waals surface area contributed by atoms with Gasteiger partial charge in [0.05, 0.1) is 6.04 Å². The Hall–Kier alpha value is -2.59. The van der Waals surface area contributed by atoms with Crippen molar-refractivity contribution in [1.29, 1.82) is 0 Å². The predicted octanol–water partition coefficient (Wildman–Crippen LogP) is 1.55. The van der Waals surface area contributed by atoms with Gasteiger partial charge in [-0.05, 0) is 48.3 Å². The minimum Gasteiger partial charge on any atom is -0.480 e. The van der Waals surface area contributed by atoms with Gasteiger partial charge in [0.1, 0.15) is 12.1 Å². The van der Waals surface area contributed by atoms with Crippen LogP contribution in [0.1, 0.15) is 50.7 Å². The molecule has 1 saturated heterocycles. The normalized spacial score (nSPS) is 22.1. The molecule has 2 heterocycles. The average Bonchev–Trinajstić information content (AvgIpc) is 3.31. The Kier molecular flexibility index (Phi) is 10.2. The van der Waals surface area contributed by atoms with Crippen LogP contribution in [0.2, 0.25) is 0 Å². The molecular weight excluding hydrogens is 480 g/mol. The third-order valence-electron chi connectivity index (χ3n) is 7.28. The van der Waals surface area contributed by atoms with Crippen LogP contribution in [-0.2, 0) is 32.1 Å². The number of amides is 3. The molecule has 1 fully saturated rings. The minimum absolute atomic E-state index is 0.117. The number of nitrogens with zero attached hydrogens (tertiary/aromatic N) is 1. The van der Waals surface area contributed by atoms with E-state index in [0.717, 1.165) is 17.5 Å². The van der Waals surface area contributed by atoms with E-state index < -0.39 is 24.1 Å². The lowest BCUT2D eigenvalue weighted by Crippen LogP contribution is -2.58. The van der Waals surface area contributed by atoms with Crippen molar-refractivity contribution in [2.45, 2.75) is 76.7 Å². The number of thioether (sulfide) groups is 1. The average molecular weight is 519 g/mol. The van der Waals surface area contributed by atoms with Crippen molar-refractivity contribution in [3.63, 3.8) is 0 Å². The monoisotopic (exact) mass is 518 g/mol. The molecule has 3 amide bonds. The van der Waals surface area contributed by atoms with Gasteiger partial charge in [-0.25, -0.2) is 4.79 Å². The fraction of sp³-hybridized carbons (Fsp3) is 0.615. The fourth-order valence-corrected chi connectivity index (χ4v) is 5.26. The topological polar surface area (TPSA) is 128 Å². The molecule has 9 nitrogen and oxygen atoms in total. The second-order valence-corrected chi connectivity index (χ2v) is 10.7. The molecule has 0 radical (unpaired) electrons. The molecule has 36 heavy (non-hydrogen) atoms. The van der Waals surface area contributed by atoms with Crippen molar-refractivity contribution >= 4 is 35.5 Å². The fourth-order valence-electron chi connectivity index (χ4n) is 4.79. The number of carboxylic acids is 1. The number of carboxylic acid groups (broad SMARTS) is 1. The molecule has 5 atom stereocenters. The largest absolute Gasteiger partial charge is 0.480 e. The van der Waals surface area contributed by atoms with E-state index >= 15 is 0 Å². The quantitative estimate of drug-likeness (QED) is 0.331. The van der Waals surface area contributed by atoms with Gasteiger partial charge in [0.2, 0.25) is 17.7 Å². The van der Waals surface area contributed by atoms with Crippen molar-refractivity contribution < 1.29 is 24.3 Å². The molecule has 1 aromatic rings. The number of hydrogen-bond acceptors (Lipinski definition) is 6. The van der Waals surface area contributed by atoms with Crippen LogP contribution in [0.4, 0.5) is 0 Å². The number of carbonyl (C=O) groups is 4. The van der Waals surface area contributed by atoms with Crippen LogP contribution in [0.25, 0.3) is 0 Å². The Bertz CT molecular complexity index is 958. The summed E-state index contributed by atoms with van der Waals surface area (Å²) in [7, 11) is 0. The van der Waals surface area contributed by atoms with Crippen LogP contribution in [0.3, 0.4) is 0 Å². The van der Waals surface area contributed by atoms with Crippen molar-refractivity contribution in [2.24, 2.45) is 5.92 Å². The summed E-state index contributed by atoms with van der Waals surface area (Å²) in [6.07, 6.45) is 4.38. The van der Waals surface area contributed by atoms with Gasteiger partial charge in [0.15, 0.2) is 0 Å². The van der Waals surface area contributed by atoms with E-state index in [-0.39, 0.29) is 29.7 Å². The maximum atomic E-state index is 13.4. The molecule has 198 valence electrons. The Balaban J connectivity index is 1.80. The van der Waals surface area contributed by atoms with Crippen LogP contribution < -0.4 is 16.0 Å². The first-order valence-corrected chi connectivity index (χ1v) is 14.1. The number of aliphatic carboxylic acids is 1. The van der Waals surface area contributed by atoms with Gasteiger partial charge in [-0.1, -0.05) is 44.5 Å². The SMILES string of the molecule is CCC(C)[C@@H](CN1Cc2ccccc2C[C@H]1C(=O)N[C@@H](CCSC)C(=O)O)NC(=O)[C@@H]1CCC(=O)N1. The first kappa shape index (κ1) is 28.0. The summed E-state index contributed by atoms with van der Waals surface area (Å²) >= 11 is 1.54. The summed E-state index contributed by atoms with van der Waals surface area (Å²) in [5, 5.41) is 18.2. The van der Waals surface area contributed by atoms with E-state index in [1.807, 2.05) is 30.5 Å². The van der Waals surface area contributed by atoms with E-state index in [0.29, 0.717) is 44.5 Å². The van der Waals surface area contributed by atoms with Gasteiger partial charge >= 0.3 is 5.97 Å². The van der Waals surface area contributed by atoms with Gasteiger partial charge in [-0.2, -0.15) is 11.8 Å². The first-order valence-electron chi connectivity index (χ1n) is 12.7. The smallest absolute Gasteiger partial charge is 0.326 e. The number of hydrogen-bond donors (Lipinski definition) is 4. The molecular formula is C26H38N4O5S. The first-order chi connectivity index (χ1) is 17.2. The zero-order valence-electron chi connectivity index (χ0n) is 21.3. The van der Waals surface area contributed by atoms with Gasteiger partial charge in [-0.3, -0.25) is 19.3 Å². The van der Waals surface area contributed by atoms with E-state index in [2.05, 4.69) is 34.7 Å². The molecule has 0 spiro atoms. The highest BCUT2D eigenvalue weighted by molar-refractivity contribution is 7.98. The predicted molar refractivity (Wildman–Crippen MR) is 139 cm³/mol. The standard InChI is InChI=1S/C26H38N4O5S/c1-4-16(2)21(29-24(32)19-9-10-23(31)27-19)15-30-14-18-8-6-5-7-17(18)13-22(30)25(33)28-20(26(34)35)11-12-36-3/h5-8,16,19-22H,4,9-15H2,1-3H3,(H,27,31)(H,28,33)(H,29,32)(H,34,35)/t16?,19-,20-,21+,22-/m0/s1. The molecule has 0 saturated carbocycles. The number of fused-ring (bicyclic) bond motifs is 1. The van der Waals surface area contributed by atoms with Crippen molar-refractivity contribution in [3.05, 3.63) is 35.4 Å². The summed E-state index contributed by atoms with van der Waals surface area (Å²) in [6.45, 7) is 5.09. The summed E-state index contributed by atoms with van der Waals surface area (Å²) in [5.41, 5.74) is 2.19. The lowest BCUT2D eigenvalue weighted by Gasteiger charge is -2.40. The van der Waals surface area contributed by atoms with Crippen LogP contribution in [0, 0.1) is 5.92 Å². The third kappa shape index (κ3) is 7.22.